The van der Waals surface area contributed by atoms with Crippen LogP contribution < -0.4 is 11.1 Å². The van der Waals surface area contributed by atoms with Crippen molar-refractivity contribution in [3.05, 3.63) is 0 Å². The Morgan fingerprint density at radius 2 is 1.94 bits per heavy atom. The molecule has 0 aliphatic heterocycles. The molecule has 1 fully saturated rings. The molecular formula is C14H28N2O2. The van der Waals surface area contributed by atoms with Gasteiger partial charge in [0.1, 0.15) is 0 Å². The number of hydrogen-bond donors (Lipinski definition) is 3. The Morgan fingerprint density at radius 3 is 2.33 bits per heavy atom. The van der Waals surface area contributed by atoms with E-state index in [2.05, 4.69) is 26.1 Å². The smallest absolute Gasteiger partial charge is 0.227 e. The van der Waals surface area contributed by atoms with Crippen molar-refractivity contribution < 1.29 is 9.90 Å². The lowest BCUT2D eigenvalue weighted by molar-refractivity contribution is -0.132. The molecule has 1 atom stereocenters. The van der Waals surface area contributed by atoms with Crippen molar-refractivity contribution in [3.8, 4) is 0 Å². The van der Waals surface area contributed by atoms with Crippen LogP contribution in [0.25, 0.3) is 0 Å². The van der Waals surface area contributed by atoms with Gasteiger partial charge in [0.2, 0.25) is 5.91 Å². The third-order valence-electron chi connectivity index (χ3n) is 4.20. The monoisotopic (exact) mass is 256 g/mol. The van der Waals surface area contributed by atoms with Crippen LogP contribution in [0.4, 0.5) is 0 Å². The van der Waals surface area contributed by atoms with Gasteiger partial charge in [0, 0.05) is 19.2 Å². The molecule has 1 amide bonds. The first kappa shape index (κ1) is 15.4. The number of nitrogens with two attached hydrogens (primary N) is 1. The average molecular weight is 256 g/mol. The second-order valence-corrected chi connectivity index (χ2v) is 6.60. The van der Waals surface area contributed by atoms with E-state index >= 15 is 0 Å². The molecule has 1 saturated carbocycles. The van der Waals surface area contributed by atoms with E-state index in [0.717, 1.165) is 25.7 Å². The van der Waals surface area contributed by atoms with Crippen molar-refractivity contribution in [2.75, 3.05) is 13.2 Å². The van der Waals surface area contributed by atoms with E-state index in [0.29, 0.717) is 13.0 Å². The summed E-state index contributed by atoms with van der Waals surface area (Å²) in [6.07, 6.45) is 4.56. The predicted octanol–water partition coefficient (Wildman–Crippen LogP) is 1.42. The third-order valence-corrected chi connectivity index (χ3v) is 4.20. The summed E-state index contributed by atoms with van der Waals surface area (Å²) in [5, 5.41) is 12.2. The van der Waals surface area contributed by atoms with Gasteiger partial charge >= 0.3 is 0 Å². The molecule has 4 N–H and O–H groups in total. The second-order valence-electron chi connectivity index (χ2n) is 6.60. The van der Waals surface area contributed by atoms with Crippen molar-refractivity contribution in [1.29, 1.82) is 0 Å². The molecular weight excluding hydrogens is 228 g/mol. The molecule has 0 aromatic carbocycles. The van der Waals surface area contributed by atoms with E-state index in [1.165, 1.54) is 0 Å². The first-order chi connectivity index (χ1) is 8.35. The fourth-order valence-electron chi connectivity index (χ4n) is 2.74. The number of aliphatic hydroxyl groups excluding tert-OH is 1. The van der Waals surface area contributed by atoms with E-state index in [1.807, 2.05) is 0 Å². The Labute approximate surface area is 110 Å². The summed E-state index contributed by atoms with van der Waals surface area (Å²) in [5.74, 6) is 0.0795. The van der Waals surface area contributed by atoms with Crippen LogP contribution in [-0.4, -0.2) is 30.2 Å². The van der Waals surface area contributed by atoms with E-state index in [1.54, 1.807) is 0 Å². The fourth-order valence-corrected chi connectivity index (χ4v) is 2.74. The summed E-state index contributed by atoms with van der Waals surface area (Å²) >= 11 is 0. The highest BCUT2D eigenvalue weighted by atomic mass is 16.3. The Hall–Kier alpha value is -0.610. The highest BCUT2D eigenvalue weighted by molar-refractivity contribution is 5.83. The number of hydrogen-bond acceptors (Lipinski definition) is 3. The lowest BCUT2D eigenvalue weighted by atomic mass is 9.81. The molecule has 1 rings (SSSR count). The Balaban J connectivity index is 2.71. The topological polar surface area (TPSA) is 75.3 Å². The zero-order chi connectivity index (χ0) is 13.8. The Bertz CT molecular complexity index is 278. The lowest BCUT2D eigenvalue weighted by Crippen LogP contribution is -2.52. The van der Waals surface area contributed by atoms with Crippen molar-refractivity contribution in [2.45, 2.75) is 58.9 Å². The van der Waals surface area contributed by atoms with Gasteiger partial charge in [-0.2, -0.15) is 0 Å². The first-order valence-electron chi connectivity index (χ1n) is 6.97. The van der Waals surface area contributed by atoms with Crippen LogP contribution in [0.15, 0.2) is 0 Å². The molecule has 0 aromatic rings. The molecule has 0 spiro atoms. The van der Waals surface area contributed by atoms with E-state index in [9.17, 15) is 4.79 Å². The molecule has 1 aliphatic rings. The maximum absolute atomic E-state index is 12.5. The standard InChI is InChI=1S/C14H28N2O2/c1-13(2,3)11(6-9-17)16-12(18)14(10-15)7-4-5-8-14/h11,17H,4-10,15H2,1-3H3,(H,16,18). The van der Waals surface area contributed by atoms with Crippen LogP contribution in [0.1, 0.15) is 52.9 Å². The molecule has 106 valence electrons. The van der Waals surface area contributed by atoms with Crippen LogP contribution in [-0.2, 0) is 4.79 Å². The third kappa shape index (κ3) is 3.45. The van der Waals surface area contributed by atoms with Gasteiger partial charge in [-0.25, -0.2) is 0 Å². The molecule has 1 unspecified atom stereocenters. The molecule has 0 radical (unpaired) electrons. The van der Waals surface area contributed by atoms with Gasteiger partial charge in [0.05, 0.1) is 5.41 Å². The number of carbonyl (C=O) groups is 1. The van der Waals surface area contributed by atoms with Crippen LogP contribution in [0, 0.1) is 10.8 Å². The molecule has 4 heteroatoms. The van der Waals surface area contributed by atoms with Gasteiger partial charge in [-0.1, -0.05) is 33.6 Å². The van der Waals surface area contributed by atoms with E-state index in [4.69, 9.17) is 10.8 Å². The quantitative estimate of drug-likeness (QED) is 0.696. The summed E-state index contributed by atoms with van der Waals surface area (Å²) in [6.45, 7) is 6.76. The molecule has 18 heavy (non-hydrogen) atoms. The number of rotatable bonds is 5. The molecule has 0 bridgehead atoms. The number of aliphatic hydroxyl groups is 1. The van der Waals surface area contributed by atoms with Crippen LogP contribution in [0.3, 0.4) is 0 Å². The fraction of sp³-hybridized carbons (Fsp3) is 0.929. The molecule has 0 saturated heterocycles. The second kappa shape index (κ2) is 6.02. The maximum atomic E-state index is 12.5. The van der Waals surface area contributed by atoms with Gasteiger partial charge in [-0.15, -0.1) is 0 Å². The summed E-state index contributed by atoms with van der Waals surface area (Å²) in [7, 11) is 0. The summed E-state index contributed by atoms with van der Waals surface area (Å²) in [4.78, 5) is 12.5. The summed E-state index contributed by atoms with van der Waals surface area (Å²) in [5.41, 5.74) is 5.41. The van der Waals surface area contributed by atoms with Gasteiger partial charge in [0.15, 0.2) is 0 Å². The highest BCUT2D eigenvalue weighted by Crippen LogP contribution is 2.38. The van der Waals surface area contributed by atoms with Crippen LogP contribution in [0.5, 0.6) is 0 Å². The summed E-state index contributed by atoms with van der Waals surface area (Å²) < 4.78 is 0. The molecule has 0 aromatic heterocycles. The van der Waals surface area contributed by atoms with Gasteiger partial charge in [-0.3, -0.25) is 4.79 Å². The molecule has 4 nitrogen and oxygen atoms in total. The number of nitrogens with one attached hydrogen (secondary N) is 1. The normalized spacial score (nSPS) is 20.7. The number of amides is 1. The average Bonchev–Trinajstić information content (AvgIpc) is 2.76. The van der Waals surface area contributed by atoms with Gasteiger partial charge in [-0.05, 0) is 24.7 Å². The lowest BCUT2D eigenvalue weighted by Gasteiger charge is -2.35. The minimum atomic E-state index is -0.362. The van der Waals surface area contributed by atoms with E-state index < -0.39 is 0 Å². The minimum Gasteiger partial charge on any atom is -0.396 e. The van der Waals surface area contributed by atoms with Crippen molar-refractivity contribution in [1.82, 2.24) is 5.32 Å². The van der Waals surface area contributed by atoms with Gasteiger partial charge < -0.3 is 16.2 Å². The minimum absolute atomic E-state index is 0.000903. The summed E-state index contributed by atoms with van der Waals surface area (Å²) in [6, 6.07) is -0.000903. The van der Waals surface area contributed by atoms with Crippen LogP contribution >= 0.6 is 0 Å². The molecule has 0 heterocycles. The van der Waals surface area contributed by atoms with Crippen LogP contribution in [0.2, 0.25) is 0 Å². The largest absolute Gasteiger partial charge is 0.396 e. The molecule has 1 aliphatic carbocycles. The zero-order valence-electron chi connectivity index (χ0n) is 12.0. The Morgan fingerprint density at radius 1 is 1.39 bits per heavy atom. The predicted molar refractivity (Wildman–Crippen MR) is 73.0 cm³/mol. The van der Waals surface area contributed by atoms with Crippen molar-refractivity contribution >= 4 is 5.91 Å². The van der Waals surface area contributed by atoms with Crippen molar-refractivity contribution in [3.63, 3.8) is 0 Å². The Kier molecular flexibility index (Phi) is 5.17. The highest BCUT2D eigenvalue weighted by Gasteiger charge is 2.41. The zero-order valence-corrected chi connectivity index (χ0v) is 12.0. The maximum Gasteiger partial charge on any atom is 0.227 e. The van der Waals surface area contributed by atoms with Crippen molar-refractivity contribution in [2.24, 2.45) is 16.6 Å². The number of carbonyl (C=O) groups excluding carboxylic acids is 1. The van der Waals surface area contributed by atoms with E-state index in [-0.39, 0.29) is 29.4 Å². The SMILES string of the molecule is CC(C)(C)C(CCO)NC(=O)C1(CN)CCCC1. The van der Waals surface area contributed by atoms with Gasteiger partial charge in [0.25, 0.3) is 0 Å². The first-order valence-corrected chi connectivity index (χ1v) is 6.97.